The van der Waals surface area contributed by atoms with Crippen LogP contribution in [0.25, 0.3) is 16.8 Å². The van der Waals surface area contributed by atoms with Crippen molar-refractivity contribution in [2.45, 2.75) is 6.18 Å². The Balaban J connectivity index is 2.17. The maximum Gasteiger partial charge on any atom is 0.416 e. The van der Waals surface area contributed by atoms with E-state index >= 15 is 0 Å². The summed E-state index contributed by atoms with van der Waals surface area (Å²) in [5.74, 6) is 0.0161. The van der Waals surface area contributed by atoms with Gasteiger partial charge in [0, 0.05) is 11.8 Å². The quantitative estimate of drug-likeness (QED) is 0.330. The largest absolute Gasteiger partial charge is 0.416 e. The molecule has 0 spiro atoms. The van der Waals surface area contributed by atoms with Gasteiger partial charge in [-0.2, -0.15) is 13.2 Å². The van der Waals surface area contributed by atoms with Crippen LogP contribution in [-0.4, -0.2) is 20.4 Å². The van der Waals surface area contributed by atoms with Crippen LogP contribution in [0.2, 0.25) is 0 Å². The molecule has 0 bridgehead atoms. The van der Waals surface area contributed by atoms with Gasteiger partial charge >= 0.3 is 6.18 Å². The Morgan fingerprint density at radius 2 is 1.83 bits per heavy atom. The van der Waals surface area contributed by atoms with Crippen LogP contribution in [0.5, 0.6) is 0 Å². The van der Waals surface area contributed by atoms with Gasteiger partial charge in [-0.1, -0.05) is 23.4 Å². The molecule has 0 aliphatic carbocycles. The lowest BCUT2D eigenvalue weighted by atomic mass is 10.1. The number of hydrogen-bond acceptors (Lipinski definition) is 3. The van der Waals surface area contributed by atoms with E-state index in [-0.39, 0.29) is 11.7 Å². The average Bonchev–Trinajstić information content (AvgIpc) is 2.93. The molecule has 0 atom stereocenters. The van der Waals surface area contributed by atoms with Crippen LogP contribution in [0, 0.1) is 0 Å². The molecule has 3 aromatic rings. The van der Waals surface area contributed by atoms with Crippen molar-refractivity contribution in [2.24, 2.45) is 10.9 Å². The van der Waals surface area contributed by atoms with Crippen LogP contribution >= 0.6 is 0 Å². The maximum atomic E-state index is 12.7. The topological polar surface area (TPSA) is 75.9 Å². The summed E-state index contributed by atoms with van der Waals surface area (Å²) in [6.07, 6.45) is -2.72. The summed E-state index contributed by atoms with van der Waals surface area (Å²) < 4.78 is 39.6. The number of pyridine rings is 1. The minimum Gasteiger partial charge on any atom is -0.409 e. The predicted octanol–water partition coefficient (Wildman–Crippen LogP) is 3.11. The summed E-state index contributed by atoms with van der Waals surface area (Å²) >= 11 is 0. The monoisotopic (exact) mass is 320 g/mol. The van der Waals surface area contributed by atoms with Gasteiger partial charge in [-0.05, 0) is 24.3 Å². The summed E-state index contributed by atoms with van der Waals surface area (Å²) in [5.41, 5.74) is 6.44. The normalized spacial score (nSPS) is 12.7. The number of halogens is 3. The lowest BCUT2D eigenvalue weighted by Gasteiger charge is -2.06. The van der Waals surface area contributed by atoms with Crippen molar-refractivity contribution in [2.75, 3.05) is 0 Å². The van der Waals surface area contributed by atoms with Gasteiger partial charge in [0.05, 0.1) is 16.8 Å². The zero-order chi connectivity index (χ0) is 16.6. The number of fused-ring (bicyclic) bond motifs is 1. The number of benzene rings is 1. The fraction of sp³-hybridized carbons (Fsp3) is 0.0667. The van der Waals surface area contributed by atoms with Gasteiger partial charge in [-0.3, -0.25) is 4.40 Å². The number of imidazole rings is 1. The van der Waals surface area contributed by atoms with Gasteiger partial charge in [-0.25, -0.2) is 4.98 Å². The molecule has 3 rings (SSSR count). The zero-order valence-electron chi connectivity index (χ0n) is 11.6. The van der Waals surface area contributed by atoms with Crippen LogP contribution in [0.4, 0.5) is 13.2 Å². The van der Waals surface area contributed by atoms with Crippen LogP contribution < -0.4 is 5.73 Å². The second-order valence-corrected chi connectivity index (χ2v) is 4.80. The van der Waals surface area contributed by atoms with Gasteiger partial charge in [0.1, 0.15) is 0 Å². The van der Waals surface area contributed by atoms with Crippen molar-refractivity contribution in [1.29, 1.82) is 0 Å². The van der Waals surface area contributed by atoms with Crippen molar-refractivity contribution < 1.29 is 18.4 Å². The third-order valence-corrected chi connectivity index (χ3v) is 3.37. The molecule has 2 heterocycles. The van der Waals surface area contributed by atoms with Crippen molar-refractivity contribution in [1.82, 2.24) is 9.38 Å². The smallest absolute Gasteiger partial charge is 0.409 e. The molecule has 0 radical (unpaired) electrons. The first-order valence-corrected chi connectivity index (χ1v) is 6.54. The highest BCUT2D eigenvalue weighted by molar-refractivity contribution is 5.96. The first-order valence-electron chi connectivity index (χ1n) is 6.54. The molecule has 0 unspecified atom stereocenters. The number of hydrogen-bond donors (Lipinski definition) is 2. The third kappa shape index (κ3) is 2.59. The summed E-state index contributed by atoms with van der Waals surface area (Å²) in [6, 6.07) is 9.91. The molecule has 5 nitrogen and oxygen atoms in total. The second-order valence-electron chi connectivity index (χ2n) is 4.80. The minimum atomic E-state index is -4.39. The minimum absolute atomic E-state index is 0.190. The van der Waals surface area contributed by atoms with Crippen LogP contribution in [-0.2, 0) is 6.18 Å². The number of nitrogens with zero attached hydrogens (tertiary/aromatic N) is 3. The van der Waals surface area contributed by atoms with Crippen molar-refractivity contribution in [3.8, 4) is 11.3 Å². The summed E-state index contributed by atoms with van der Waals surface area (Å²) in [5, 5.41) is 11.8. The Hall–Kier alpha value is -3.03. The lowest BCUT2D eigenvalue weighted by molar-refractivity contribution is -0.137. The molecule has 0 aliphatic rings. The molecule has 0 saturated heterocycles. The standard InChI is InChI=1S/C15H11F3N4O/c16-15(17,18)10-6-4-9(5-7-10)12-11-3-1-2-8-22(11)14(20-12)13(19)21-23/h1-8,23H,(H2,19,21). The van der Waals surface area contributed by atoms with E-state index in [0.717, 1.165) is 12.1 Å². The highest BCUT2D eigenvalue weighted by Gasteiger charge is 2.30. The van der Waals surface area contributed by atoms with Crippen molar-refractivity contribution in [3.05, 3.63) is 60.0 Å². The Morgan fingerprint density at radius 3 is 2.43 bits per heavy atom. The van der Waals surface area contributed by atoms with Gasteiger partial charge in [0.2, 0.25) is 5.84 Å². The van der Waals surface area contributed by atoms with E-state index in [0.29, 0.717) is 16.8 Å². The molecule has 0 saturated carbocycles. The first kappa shape index (κ1) is 14.9. The number of oxime groups is 1. The molecule has 0 amide bonds. The SMILES string of the molecule is N/C(=N/O)c1nc(-c2ccc(C(F)(F)F)cc2)c2ccccn12. The Kier molecular flexibility index (Phi) is 3.44. The fourth-order valence-corrected chi connectivity index (χ4v) is 2.29. The first-order chi connectivity index (χ1) is 10.9. The highest BCUT2D eigenvalue weighted by atomic mass is 19.4. The molecule has 2 aromatic heterocycles. The van der Waals surface area contributed by atoms with Gasteiger partial charge in [0.25, 0.3) is 0 Å². The summed E-state index contributed by atoms with van der Waals surface area (Å²) in [4.78, 5) is 4.29. The Labute approximate surface area is 128 Å². The summed E-state index contributed by atoms with van der Waals surface area (Å²) in [7, 11) is 0. The van der Waals surface area contributed by atoms with Crippen LogP contribution in [0.3, 0.4) is 0 Å². The van der Waals surface area contributed by atoms with E-state index in [2.05, 4.69) is 10.1 Å². The molecular weight excluding hydrogens is 309 g/mol. The molecule has 3 N–H and O–H groups in total. The number of nitrogens with two attached hydrogens (primary N) is 1. The third-order valence-electron chi connectivity index (χ3n) is 3.37. The molecule has 0 aliphatic heterocycles. The number of rotatable bonds is 2. The summed E-state index contributed by atoms with van der Waals surface area (Å²) in [6.45, 7) is 0. The maximum absolute atomic E-state index is 12.7. The Bertz CT molecular complexity index is 882. The molecular formula is C15H11F3N4O. The van der Waals surface area contributed by atoms with E-state index in [9.17, 15) is 13.2 Å². The molecule has 8 heteroatoms. The highest BCUT2D eigenvalue weighted by Crippen LogP contribution is 2.32. The molecule has 0 fully saturated rings. The van der Waals surface area contributed by atoms with Crippen molar-refractivity contribution >= 4 is 11.4 Å². The van der Waals surface area contributed by atoms with Gasteiger partial charge in [-0.15, -0.1) is 0 Å². The number of aromatic nitrogens is 2. The van der Waals surface area contributed by atoms with E-state index < -0.39 is 11.7 Å². The van der Waals surface area contributed by atoms with E-state index in [1.807, 2.05) is 0 Å². The molecule has 1 aromatic carbocycles. The second kappa shape index (κ2) is 5.31. The van der Waals surface area contributed by atoms with Gasteiger partial charge in [0.15, 0.2) is 5.82 Å². The van der Waals surface area contributed by atoms with E-state index in [1.54, 1.807) is 28.8 Å². The van der Waals surface area contributed by atoms with Gasteiger partial charge < -0.3 is 10.9 Å². The van der Waals surface area contributed by atoms with E-state index in [1.165, 1.54) is 12.1 Å². The van der Waals surface area contributed by atoms with E-state index in [4.69, 9.17) is 10.9 Å². The lowest BCUT2D eigenvalue weighted by Crippen LogP contribution is -2.16. The molecule has 23 heavy (non-hydrogen) atoms. The Morgan fingerprint density at radius 1 is 1.13 bits per heavy atom. The van der Waals surface area contributed by atoms with Crippen LogP contribution in [0.15, 0.2) is 53.8 Å². The number of alkyl halides is 3. The predicted molar refractivity (Wildman–Crippen MR) is 78.1 cm³/mol. The van der Waals surface area contributed by atoms with Crippen molar-refractivity contribution in [3.63, 3.8) is 0 Å². The fourth-order valence-electron chi connectivity index (χ4n) is 2.29. The zero-order valence-corrected chi connectivity index (χ0v) is 11.6. The van der Waals surface area contributed by atoms with Crippen LogP contribution in [0.1, 0.15) is 11.4 Å². The molecule has 118 valence electrons. The average molecular weight is 320 g/mol. The number of amidine groups is 1.